The first-order valence-electron chi connectivity index (χ1n) is 6.04. The molecule has 0 aliphatic carbocycles. The molecule has 0 unspecified atom stereocenters. The van der Waals surface area contributed by atoms with Crippen molar-refractivity contribution in [2.24, 2.45) is 5.73 Å². The molecule has 0 fully saturated rings. The zero-order valence-electron chi connectivity index (χ0n) is 12.0. The van der Waals surface area contributed by atoms with E-state index in [-0.39, 0.29) is 18.3 Å². The van der Waals surface area contributed by atoms with Crippen molar-refractivity contribution in [2.75, 3.05) is 27.2 Å². The van der Waals surface area contributed by atoms with Gasteiger partial charge in [-0.1, -0.05) is 0 Å². The molecule has 0 spiro atoms. The first-order chi connectivity index (χ1) is 10.1. The van der Waals surface area contributed by atoms with Crippen LogP contribution in [0.1, 0.15) is 0 Å². The molecule has 0 aliphatic heterocycles. The van der Waals surface area contributed by atoms with Gasteiger partial charge in [0.2, 0.25) is 15.9 Å². The molecule has 2 amide bonds. The molecule has 1 aromatic carbocycles. The van der Waals surface area contributed by atoms with Crippen molar-refractivity contribution in [3.05, 3.63) is 24.0 Å². The number of carbonyl (C=O) groups excluding carboxylic acids is 2. The molecule has 0 aliphatic rings. The lowest BCUT2D eigenvalue weighted by Gasteiger charge is -2.12. The SMILES string of the molecule is CN(C)C(=O)COc1ccc(S(=O)(=O)NCC(N)=O)cc1F. The third-order valence-corrected chi connectivity index (χ3v) is 3.90. The smallest absolute Gasteiger partial charge is 0.259 e. The Bertz CT molecular complexity index is 675. The maximum absolute atomic E-state index is 13.8. The standard InChI is InChI=1S/C12H16FN3O5S/c1-16(2)12(18)7-21-10-4-3-8(5-9(10)13)22(19,20)15-6-11(14)17/h3-5,15H,6-7H2,1-2H3,(H2,14,17). The van der Waals surface area contributed by atoms with E-state index >= 15 is 0 Å². The van der Waals surface area contributed by atoms with Crippen molar-refractivity contribution in [2.45, 2.75) is 4.90 Å². The Balaban J connectivity index is 2.85. The highest BCUT2D eigenvalue weighted by Crippen LogP contribution is 2.21. The number of nitrogens with two attached hydrogens (primary N) is 1. The Kier molecular flexibility index (Phi) is 5.83. The first kappa shape index (κ1) is 17.9. The molecule has 0 bridgehead atoms. The van der Waals surface area contributed by atoms with Gasteiger partial charge in [0.25, 0.3) is 5.91 Å². The zero-order valence-corrected chi connectivity index (χ0v) is 12.8. The van der Waals surface area contributed by atoms with Crippen LogP contribution in [0.3, 0.4) is 0 Å². The van der Waals surface area contributed by atoms with Crippen molar-refractivity contribution >= 4 is 21.8 Å². The van der Waals surface area contributed by atoms with Crippen LogP contribution in [-0.2, 0) is 19.6 Å². The van der Waals surface area contributed by atoms with E-state index in [2.05, 4.69) is 0 Å². The third kappa shape index (κ3) is 4.97. The Morgan fingerprint density at radius 1 is 1.36 bits per heavy atom. The van der Waals surface area contributed by atoms with Crippen LogP contribution in [0.2, 0.25) is 0 Å². The van der Waals surface area contributed by atoms with E-state index in [1.54, 1.807) is 0 Å². The summed E-state index contributed by atoms with van der Waals surface area (Å²) in [5.74, 6) is -2.46. The van der Waals surface area contributed by atoms with Crippen molar-refractivity contribution in [3.63, 3.8) is 0 Å². The molecule has 1 rings (SSSR count). The summed E-state index contributed by atoms with van der Waals surface area (Å²) in [6, 6.07) is 2.89. The molecular formula is C12H16FN3O5S. The summed E-state index contributed by atoms with van der Waals surface area (Å²) >= 11 is 0. The molecule has 8 nitrogen and oxygen atoms in total. The Labute approximate surface area is 127 Å². The van der Waals surface area contributed by atoms with Crippen LogP contribution in [0, 0.1) is 5.82 Å². The number of rotatable bonds is 7. The van der Waals surface area contributed by atoms with Gasteiger partial charge in [0.1, 0.15) is 0 Å². The molecule has 0 atom stereocenters. The molecule has 1 aromatic rings. The Morgan fingerprint density at radius 3 is 2.50 bits per heavy atom. The molecule has 0 heterocycles. The second-order valence-corrected chi connectivity index (χ2v) is 6.23. The van der Waals surface area contributed by atoms with Gasteiger partial charge in [0, 0.05) is 14.1 Å². The Morgan fingerprint density at radius 2 is 2.00 bits per heavy atom. The van der Waals surface area contributed by atoms with Gasteiger partial charge in [-0.3, -0.25) is 9.59 Å². The lowest BCUT2D eigenvalue weighted by atomic mass is 10.3. The van der Waals surface area contributed by atoms with E-state index in [1.165, 1.54) is 19.0 Å². The summed E-state index contributed by atoms with van der Waals surface area (Å²) in [7, 11) is -1.03. The molecule has 3 N–H and O–H groups in total. The fourth-order valence-corrected chi connectivity index (χ4v) is 2.29. The minimum Gasteiger partial charge on any atom is -0.481 e. The topological polar surface area (TPSA) is 119 Å². The van der Waals surface area contributed by atoms with Crippen LogP contribution < -0.4 is 15.2 Å². The molecule has 0 aromatic heterocycles. The average Bonchev–Trinajstić information content (AvgIpc) is 2.43. The van der Waals surface area contributed by atoms with Gasteiger partial charge in [0.15, 0.2) is 18.2 Å². The largest absolute Gasteiger partial charge is 0.481 e. The van der Waals surface area contributed by atoms with Gasteiger partial charge in [-0.05, 0) is 18.2 Å². The predicted molar refractivity (Wildman–Crippen MR) is 75.0 cm³/mol. The highest BCUT2D eigenvalue weighted by Gasteiger charge is 2.18. The summed E-state index contributed by atoms with van der Waals surface area (Å²) in [5.41, 5.74) is 4.83. The van der Waals surface area contributed by atoms with Gasteiger partial charge in [-0.2, -0.15) is 0 Å². The highest BCUT2D eigenvalue weighted by atomic mass is 32.2. The van der Waals surface area contributed by atoms with Gasteiger partial charge in [-0.15, -0.1) is 0 Å². The van der Waals surface area contributed by atoms with Gasteiger partial charge >= 0.3 is 0 Å². The molecule has 0 saturated heterocycles. The van der Waals surface area contributed by atoms with E-state index < -0.39 is 33.2 Å². The van der Waals surface area contributed by atoms with E-state index in [9.17, 15) is 22.4 Å². The van der Waals surface area contributed by atoms with Crippen molar-refractivity contribution in [1.82, 2.24) is 9.62 Å². The van der Waals surface area contributed by atoms with Crippen LogP contribution >= 0.6 is 0 Å². The summed E-state index contributed by atoms with van der Waals surface area (Å²) in [6.45, 7) is -0.977. The van der Waals surface area contributed by atoms with Crippen LogP contribution in [0.15, 0.2) is 23.1 Å². The lowest BCUT2D eigenvalue weighted by Crippen LogP contribution is -2.33. The number of likely N-dealkylation sites (N-methyl/N-ethyl adjacent to an activating group) is 1. The number of hydrogen-bond donors (Lipinski definition) is 2. The number of amides is 2. The second kappa shape index (κ2) is 7.18. The number of primary amides is 1. The van der Waals surface area contributed by atoms with Gasteiger partial charge in [-0.25, -0.2) is 17.5 Å². The average molecular weight is 333 g/mol. The minimum atomic E-state index is -4.06. The maximum atomic E-state index is 13.8. The van der Waals surface area contributed by atoms with E-state index in [1.807, 2.05) is 4.72 Å². The number of nitrogens with one attached hydrogen (secondary N) is 1. The molecular weight excluding hydrogens is 317 g/mol. The fraction of sp³-hybridized carbons (Fsp3) is 0.333. The minimum absolute atomic E-state index is 0.260. The normalized spacial score (nSPS) is 11.0. The van der Waals surface area contributed by atoms with Crippen molar-refractivity contribution in [1.29, 1.82) is 0 Å². The van der Waals surface area contributed by atoms with E-state index in [4.69, 9.17) is 10.5 Å². The molecule has 10 heteroatoms. The molecule has 22 heavy (non-hydrogen) atoms. The van der Waals surface area contributed by atoms with Gasteiger partial charge in [0.05, 0.1) is 11.4 Å². The molecule has 0 saturated carbocycles. The predicted octanol–water partition coefficient (Wildman–Crippen LogP) is -0.944. The third-order valence-electron chi connectivity index (χ3n) is 2.50. The van der Waals surface area contributed by atoms with Crippen LogP contribution in [0.5, 0.6) is 5.75 Å². The lowest BCUT2D eigenvalue weighted by molar-refractivity contribution is -0.130. The second-order valence-electron chi connectivity index (χ2n) is 4.46. The van der Waals surface area contributed by atoms with Crippen LogP contribution in [0.25, 0.3) is 0 Å². The zero-order chi connectivity index (χ0) is 16.9. The van der Waals surface area contributed by atoms with Crippen molar-refractivity contribution in [3.8, 4) is 5.75 Å². The number of sulfonamides is 1. The fourth-order valence-electron chi connectivity index (χ4n) is 1.28. The maximum Gasteiger partial charge on any atom is 0.259 e. The van der Waals surface area contributed by atoms with Crippen molar-refractivity contribution < 1.29 is 27.1 Å². The number of halogens is 1. The number of benzene rings is 1. The van der Waals surface area contributed by atoms with Crippen LogP contribution in [-0.4, -0.2) is 52.4 Å². The summed E-state index contributed by atoms with van der Waals surface area (Å²) in [5, 5.41) is 0. The molecule has 122 valence electrons. The Hall–Kier alpha value is -2.20. The monoisotopic (exact) mass is 333 g/mol. The summed E-state index contributed by atoms with van der Waals surface area (Å²) < 4.78 is 44.2. The van der Waals surface area contributed by atoms with Crippen LogP contribution in [0.4, 0.5) is 4.39 Å². The van der Waals surface area contributed by atoms with Gasteiger partial charge < -0.3 is 15.4 Å². The number of nitrogens with zero attached hydrogens (tertiary/aromatic N) is 1. The number of hydrogen-bond acceptors (Lipinski definition) is 5. The van der Waals surface area contributed by atoms with E-state index in [0.29, 0.717) is 0 Å². The quantitative estimate of drug-likeness (QED) is 0.667. The number of carbonyl (C=O) groups is 2. The highest BCUT2D eigenvalue weighted by molar-refractivity contribution is 7.89. The summed E-state index contributed by atoms with van der Waals surface area (Å²) in [6.07, 6.45) is 0. The van der Waals surface area contributed by atoms with E-state index in [0.717, 1.165) is 18.2 Å². The summed E-state index contributed by atoms with van der Waals surface area (Å²) in [4.78, 5) is 22.8. The number of ether oxygens (including phenoxy) is 1. The molecule has 0 radical (unpaired) electrons. The first-order valence-corrected chi connectivity index (χ1v) is 7.52.